The molecule has 25 heavy (non-hydrogen) atoms. The standard InChI is InChI=1S/C19H27N3O2S/c1-24-10-9-22-12-20-18-17(19(22)23)15-8-7-14(11-16(15)25-18)21-13-5-3-2-4-6-13/h12-14,21H,2-11H2,1H3. The average molecular weight is 362 g/mol. The van der Waals surface area contributed by atoms with Crippen molar-refractivity contribution in [1.29, 1.82) is 0 Å². The van der Waals surface area contributed by atoms with Gasteiger partial charge in [-0.3, -0.25) is 9.36 Å². The minimum atomic E-state index is 0.0956. The molecule has 6 heteroatoms. The van der Waals surface area contributed by atoms with Gasteiger partial charge in [0, 0.05) is 24.1 Å². The number of ether oxygens (including phenoxy) is 1. The lowest BCUT2D eigenvalue weighted by atomic mass is 9.90. The second-order valence-electron chi connectivity index (χ2n) is 7.36. The van der Waals surface area contributed by atoms with Crippen molar-refractivity contribution >= 4 is 21.6 Å². The number of aryl methyl sites for hydroxylation is 1. The van der Waals surface area contributed by atoms with Gasteiger partial charge in [0.05, 0.1) is 24.9 Å². The summed E-state index contributed by atoms with van der Waals surface area (Å²) in [5, 5.41) is 4.74. The number of thiophene rings is 1. The molecule has 0 aromatic carbocycles. The van der Waals surface area contributed by atoms with Crippen LogP contribution < -0.4 is 10.9 Å². The Morgan fingerprint density at radius 3 is 2.92 bits per heavy atom. The van der Waals surface area contributed by atoms with E-state index in [1.54, 1.807) is 29.3 Å². The van der Waals surface area contributed by atoms with Crippen LogP contribution in [0.1, 0.15) is 49.0 Å². The van der Waals surface area contributed by atoms with Crippen molar-refractivity contribution in [1.82, 2.24) is 14.9 Å². The summed E-state index contributed by atoms with van der Waals surface area (Å²) < 4.78 is 6.79. The van der Waals surface area contributed by atoms with Gasteiger partial charge < -0.3 is 10.1 Å². The summed E-state index contributed by atoms with van der Waals surface area (Å²) >= 11 is 1.72. The molecule has 2 heterocycles. The predicted octanol–water partition coefficient (Wildman–Crippen LogP) is 2.88. The van der Waals surface area contributed by atoms with Crippen LogP contribution in [0.5, 0.6) is 0 Å². The summed E-state index contributed by atoms with van der Waals surface area (Å²) in [6, 6.07) is 1.25. The smallest absolute Gasteiger partial charge is 0.262 e. The van der Waals surface area contributed by atoms with E-state index in [0.717, 1.165) is 29.5 Å². The van der Waals surface area contributed by atoms with Gasteiger partial charge in [-0.1, -0.05) is 19.3 Å². The lowest BCUT2D eigenvalue weighted by Crippen LogP contribution is -2.42. The Balaban J connectivity index is 1.55. The summed E-state index contributed by atoms with van der Waals surface area (Å²) in [5.41, 5.74) is 1.35. The van der Waals surface area contributed by atoms with E-state index < -0.39 is 0 Å². The molecule has 0 radical (unpaired) electrons. The van der Waals surface area contributed by atoms with Crippen molar-refractivity contribution in [2.45, 2.75) is 70.0 Å². The maximum Gasteiger partial charge on any atom is 0.262 e. The first-order valence-electron chi connectivity index (χ1n) is 9.51. The van der Waals surface area contributed by atoms with E-state index in [-0.39, 0.29) is 5.56 Å². The Morgan fingerprint density at radius 2 is 2.12 bits per heavy atom. The molecule has 1 N–H and O–H groups in total. The highest BCUT2D eigenvalue weighted by Gasteiger charge is 2.27. The third-order valence-corrected chi connectivity index (χ3v) is 6.81. The second kappa shape index (κ2) is 7.56. The van der Waals surface area contributed by atoms with Crippen LogP contribution >= 0.6 is 11.3 Å². The maximum absolute atomic E-state index is 12.8. The van der Waals surface area contributed by atoms with E-state index in [0.29, 0.717) is 25.2 Å². The molecule has 1 atom stereocenters. The summed E-state index contributed by atoms with van der Waals surface area (Å²) in [6.45, 7) is 1.10. The molecule has 0 aliphatic heterocycles. The molecule has 2 aromatic heterocycles. The summed E-state index contributed by atoms with van der Waals surface area (Å²) in [6.07, 6.45) is 11.6. The first kappa shape index (κ1) is 17.2. The Bertz CT molecular complexity index is 792. The Morgan fingerprint density at radius 1 is 1.28 bits per heavy atom. The lowest BCUT2D eigenvalue weighted by molar-refractivity contribution is 0.186. The quantitative estimate of drug-likeness (QED) is 0.890. The van der Waals surface area contributed by atoms with Gasteiger partial charge in [0.25, 0.3) is 5.56 Å². The van der Waals surface area contributed by atoms with Gasteiger partial charge in [-0.25, -0.2) is 4.98 Å². The molecule has 1 saturated carbocycles. The van der Waals surface area contributed by atoms with Gasteiger partial charge in [-0.05, 0) is 37.7 Å². The molecule has 2 aliphatic carbocycles. The molecule has 5 nitrogen and oxygen atoms in total. The molecule has 0 spiro atoms. The van der Waals surface area contributed by atoms with E-state index >= 15 is 0 Å². The molecule has 2 aliphatic rings. The van der Waals surface area contributed by atoms with Gasteiger partial charge in [-0.15, -0.1) is 11.3 Å². The first-order valence-corrected chi connectivity index (χ1v) is 10.3. The highest BCUT2D eigenvalue weighted by atomic mass is 32.1. The predicted molar refractivity (Wildman–Crippen MR) is 102 cm³/mol. The zero-order valence-corrected chi connectivity index (χ0v) is 15.7. The minimum Gasteiger partial charge on any atom is -0.383 e. The molecule has 0 saturated heterocycles. The molecule has 0 bridgehead atoms. The fourth-order valence-electron chi connectivity index (χ4n) is 4.29. The van der Waals surface area contributed by atoms with E-state index in [2.05, 4.69) is 10.3 Å². The molecule has 136 valence electrons. The van der Waals surface area contributed by atoms with E-state index in [1.807, 2.05) is 0 Å². The monoisotopic (exact) mass is 361 g/mol. The second-order valence-corrected chi connectivity index (χ2v) is 8.44. The first-order chi connectivity index (χ1) is 12.3. The lowest BCUT2D eigenvalue weighted by Gasteiger charge is -2.30. The van der Waals surface area contributed by atoms with Crippen molar-refractivity contribution < 1.29 is 4.74 Å². The third kappa shape index (κ3) is 3.52. The molecular weight excluding hydrogens is 334 g/mol. The van der Waals surface area contributed by atoms with Crippen LogP contribution in [-0.2, 0) is 24.1 Å². The zero-order chi connectivity index (χ0) is 17.2. The van der Waals surface area contributed by atoms with Crippen molar-refractivity contribution in [3.05, 3.63) is 27.1 Å². The minimum absolute atomic E-state index is 0.0956. The van der Waals surface area contributed by atoms with Gasteiger partial charge in [0.2, 0.25) is 0 Å². The third-order valence-electron chi connectivity index (χ3n) is 5.65. The number of nitrogens with one attached hydrogen (secondary N) is 1. The van der Waals surface area contributed by atoms with Crippen LogP contribution in [0.4, 0.5) is 0 Å². The molecule has 0 amide bonds. The highest BCUT2D eigenvalue weighted by molar-refractivity contribution is 7.18. The molecular formula is C19H27N3O2S. The van der Waals surface area contributed by atoms with E-state index in [9.17, 15) is 4.79 Å². The number of hydrogen-bond acceptors (Lipinski definition) is 5. The Labute approximate surface area is 152 Å². The van der Waals surface area contributed by atoms with Crippen LogP contribution in [0.15, 0.2) is 11.1 Å². The van der Waals surface area contributed by atoms with Crippen LogP contribution in [0.2, 0.25) is 0 Å². The normalized spacial score (nSPS) is 21.6. The van der Waals surface area contributed by atoms with Gasteiger partial charge in [0.1, 0.15) is 4.83 Å². The average Bonchev–Trinajstić information content (AvgIpc) is 3.00. The number of aromatic nitrogens is 2. The van der Waals surface area contributed by atoms with E-state index in [1.165, 1.54) is 42.5 Å². The fraction of sp³-hybridized carbons (Fsp3) is 0.684. The van der Waals surface area contributed by atoms with Gasteiger partial charge in [-0.2, -0.15) is 0 Å². The molecule has 2 aromatic rings. The van der Waals surface area contributed by atoms with Crippen LogP contribution in [0, 0.1) is 0 Å². The van der Waals surface area contributed by atoms with Crippen molar-refractivity contribution in [3.8, 4) is 0 Å². The Hall–Kier alpha value is -1.24. The zero-order valence-electron chi connectivity index (χ0n) is 14.9. The van der Waals surface area contributed by atoms with Crippen LogP contribution in [0.25, 0.3) is 10.2 Å². The van der Waals surface area contributed by atoms with E-state index in [4.69, 9.17) is 4.74 Å². The number of rotatable bonds is 5. The number of nitrogens with zero attached hydrogens (tertiary/aromatic N) is 2. The summed E-state index contributed by atoms with van der Waals surface area (Å²) in [4.78, 5) is 19.6. The largest absolute Gasteiger partial charge is 0.383 e. The molecule has 4 rings (SSSR count). The number of methoxy groups -OCH3 is 1. The molecule has 1 unspecified atom stereocenters. The van der Waals surface area contributed by atoms with Crippen molar-refractivity contribution in [2.75, 3.05) is 13.7 Å². The number of fused-ring (bicyclic) bond motifs is 3. The Kier molecular flexibility index (Phi) is 5.20. The number of hydrogen-bond donors (Lipinski definition) is 1. The highest BCUT2D eigenvalue weighted by Crippen LogP contribution is 2.34. The van der Waals surface area contributed by atoms with Crippen molar-refractivity contribution in [2.24, 2.45) is 0 Å². The van der Waals surface area contributed by atoms with Crippen molar-refractivity contribution in [3.63, 3.8) is 0 Å². The van der Waals surface area contributed by atoms with Gasteiger partial charge in [0.15, 0.2) is 0 Å². The van der Waals surface area contributed by atoms with Crippen LogP contribution in [0.3, 0.4) is 0 Å². The molecule has 1 fully saturated rings. The SMILES string of the molecule is COCCn1cnc2sc3c(c2c1=O)CCC(NC1CCCCC1)C3. The fourth-order valence-corrected chi connectivity index (χ4v) is 5.55. The summed E-state index contributed by atoms with van der Waals surface area (Å²) in [5.74, 6) is 0. The van der Waals surface area contributed by atoms with Gasteiger partial charge >= 0.3 is 0 Å². The summed E-state index contributed by atoms with van der Waals surface area (Å²) in [7, 11) is 1.66. The van der Waals surface area contributed by atoms with Crippen LogP contribution in [-0.4, -0.2) is 35.4 Å². The maximum atomic E-state index is 12.8. The topological polar surface area (TPSA) is 56.2 Å².